The zero-order chi connectivity index (χ0) is 11.5. The van der Waals surface area contributed by atoms with Crippen LogP contribution >= 0.6 is 15.9 Å². The predicted octanol–water partition coefficient (Wildman–Crippen LogP) is 3.60. The second-order valence-electron chi connectivity index (χ2n) is 3.60. The molecule has 0 aliphatic carbocycles. The number of aromatic nitrogens is 2. The molecule has 2 rings (SSSR count). The van der Waals surface area contributed by atoms with Crippen molar-refractivity contribution in [3.05, 3.63) is 46.2 Å². The van der Waals surface area contributed by atoms with Gasteiger partial charge in [0.05, 0.1) is 0 Å². The standard InChI is InChI=1S/C12H12BrN3/c1-8-5-3-4-6-10(8)15-12-14-9(2)7-11(13)16-12/h3-7H,1-2H3,(H,14,15,16). The molecule has 0 bridgehead atoms. The zero-order valence-electron chi connectivity index (χ0n) is 9.16. The lowest BCUT2D eigenvalue weighted by Gasteiger charge is -2.08. The van der Waals surface area contributed by atoms with Crippen LogP contribution in [0.5, 0.6) is 0 Å². The molecule has 1 N–H and O–H groups in total. The lowest BCUT2D eigenvalue weighted by Crippen LogP contribution is -1.99. The summed E-state index contributed by atoms with van der Waals surface area (Å²) in [7, 11) is 0. The number of halogens is 1. The number of nitrogens with zero attached hydrogens (tertiary/aromatic N) is 2. The third kappa shape index (κ3) is 2.58. The highest BCUT2D eigenvalue weighted by atomic mass is 79.9. The van der Waals surface area contributed by atoms with Crippen LogP contribution in [0.15, 0.2) is 34.9 Å². The van der Waals surface area contributed by atoms with Crippen LogP contribution in [-0.2, 0) is 0 Å². The average Bonchev–Trinajstić information content (AvgIpc) is 2.20. The summed E-state index contributed by atoms with van der Waals surface area (Å²) >= 11 is 3.35. The van der Waals surface area contributed by atoms with Crippen molar-refractivity contribution < 1.29 is 0 Å². The summed E-state index contributed by atoms with van der Waals surface area (Å²) in [4.78, 5) is 8.58. The fraction of sp³-hybridized carbons (Fsp3) is 0.167. The van der Waals surface area contributed by atoms with Crippen LogP contribution in [0.1, 0.15) is 11.3 Å². The largest absolute Gasteiger partial charge is 0.324 e. The molecule has 3 nitrogen and oxygen atoms in total. The predicted molar refractivity (Wildman–Crippen MR) is 68.9 cm³/mol. The van der Waals surface area contributed by atoms with Gasteiger partial charge in [0, 0.05) is 11.4 Å². The Labute approximate surface area is 103 Å². The summed E-state index contributed by atoms with van der Waals surface area (Å²) in [5.41, 5.74) is 3.13. The number of rotatable bonds is 2. The number of hydrogen-bond donors (Lipinski definition) is 1. The topological polar surface area (TPSA) is 37.8 Å². The third-order valence-corrected chi connectivity index (χ3v) is 2.62. The molecule has 0 fully saturated rings. The molecule has 16 heavy (non-hydrogen) atoms. The Morgan fingerprint density at radius 2 is 1.88 bits per heavy atom. The van der Waals surface area contributed by atoms with Crippen molar-refractivity contribution in [2.75, 3.05) is 5.32 Å². The highest BCUT2D eigenvalue weighted by Gasteiger charge is 2.02. The SMILES string of the molecule is Cc1cc(Br)nc(Nc2ccccc2C)n1. The molecule has 0 aliphatic rings. The van der Waals surface area contributed by atoms with Gasteiger partial charge >= 0.3 is 0 Å². The highest BCUT2D eigenvalue weighted by Crippen LogP contribution is 2.19. The van der Waals surface area contributed by atoms with E-state index in [1.165, 1.54) is 5.56 Å². The quantitative estimate of drug-likeness (QED) is 0.853. The minimum atomic E-state index is 0.612. The summed E-state index contributed by atoms with van der Waals surface area (Å²) in [6, 6.07) is 9.93. The number of nitrogens with one attached hydrogen (secondary N) is 1. The van der Waals surface area contributed by atoms with Gasteiger partial charge in [-0.05, 0) is 47.5 Å². The summed E-state index contributed by atoms with van der Waals surface area (Å²) in [5, 5.41) is 3.20. The van der Waals surface area contributed by atoms with E-state index < -0.39 is 0 Å². The van der Waals surface area contributed by atoms with Crippen molar-refractivity contribution >= 4 is 27.6 Å². The molecule has 2 aromatic rings. The normalized spacial score (nSPS) is 10.2. The number of para-hydroxylation sites is 1. The number of anilines is 2. The van der Waals surface area contributed by atoms with Crippen LogP contribution in [0.3, 0.4) is 0 Å². The van der Waals surface area contributed by atoms with Gasteiger partial charge in [-0.1, -0.05) is 18.2 Å². The Balaban J connectivity index is 2.30. The van der Waals surface area contributed by atoms with E-state index in [-0.39, 0.29) is 0 Å². The molecule has 0 atom stereocenters. The molecule has 1 aromatic carbocycles. The molecule has 0 radical (unpaired) electrons. The fourth-order valence-electron chi connectivity index (χ4n) is 1.42. The maximum Gasteiger partial charge on any atom is 0.228 e. The van der Waals surface area contributed by atoms with E-state index in [4.69, 9.17) is 0 Å². The average molecular weight is 278 g/mol. The van der Waals surface area contributed by atoms with Crippen molar-refractivity contribution in [1.29, 1.82) is 0 Å². The lowest BCUT2D eigenvalue weighted by atomic mass is 10.2. The van der Waals surface area contributed by atoms with Crippen molar-refractivity contribution in [1.82, 2.24) is 9.97 Å². The van der Waals surface area contributed by atoms with Gasteiger partial charge in [0.25, 0.3) is 0 Å². The van der Waals surface area contributed by atoms with Crippen molar-refractivity contribution in [2.24, 2.45) is 0 Å². The molecule has 82 valence electrons. The monoisotopic (exact) mass is 277 g/mol. The maximum absolute atomic E-state index is 4.32. The number of benzene rings is 1. The second-order valence-corrected chi connectivity index (χ2v) is 4.41. The summed E-state index contributed by atoms with van der Waals surface area (Å²) in [6.07, 6.45) is 0. The van der Waals surface area contributed by atoms with Crippen LogP contribution in [0, 0.1) is 13.8 Å². The van der Waals surface area contributed by atoms with Gasteiger partial charge in [0.15, 0.2) is 0 Å². The van der Waals surface area contributed by atoms with E-state index in [1.54, 1.807) is 0 Å². The van der Waals surface area contributed by atoms with E-state index in [0.717, 1.165) is 16.0 Å². The first-order valence-corrected chi connectivity index (χ1v) is 5.78. The Bertz CT molecular complexity index is 491. The van der Waals surface area contributed by atoms with E-state index in [0.29, 0.717) is 5.95 Å². The van der Waals surface area contributed by atoms with Crippen molar-refractivity contribution in [2.45, 2.75) is 13.8 Å². The van der Waals surface area contributed by atoms with Crippen LogP contribution in [-0.4, -0.2) is 9.97 Å². The van der Waals surface area contributed by atoms with Gasteiger partial charge in [-0.25, -0.2) is 9.97 Å². The van der Waals surface area contributed by atoms with Gasteiger partial charge in [-0.3, -0.25) is 0 Å². The Morgan fingerprint density at radius 1 is 1.12 bits per heavy atom. The van der Waals surface area contributed by atoms with Gasteiger partial charge in [0.1, 0.15) is 4.60 Å². The molecule has 1 aromatic heterocycles. The minimum absolute atomic E-state index is 0.612. The first-order valence-electron chi connectivity index (χ1n) is 4.99. The highest BCUT2D eigenvalue weighted by molar-refractivity contribution is 9.10. The number of aryl methyl sites for hydroxylation is 2. The molecule has 0 saturated carbocycles. The molecule has 0 aliphatic heterocycles. The fourth-order valence-corrected chi connectivity index (χ4v) is 1.92. The minimum Gasteiger partial charge on any atom is -0.324 e. The number of hydrogen-bond acceptors (Lipinski definition) is 3. The Morgan fingerprint density at radius 3 is 2.56 bits per heavy atom. The van der Waals surface area contributed by atoms with Gasteiger partial charge in [-0.2, -0.15) is 0 Å². The van der Waals surface area contributed by atoms with Crippen LogP contribution in [0.4, 0.5) is 11.6 Å². The van der Waals surface area contributed by atoms with E-state index >= 15 is 0 Å². The van der Waals surface area contributed by atoms with Crippen LogP contribution in [0.25, 0.3) is 0 Å². The molecule has 0 spiro atoms. The summed E-state index contributed by atoms with van der Waals surface area (Å²) < 4.78 is 0.788. The summed E-state index contributed by atoms with van der Waals surface area (Å²) in [6.45, 7) is 3.99. The van der Waals surface area contributed by atoms with Crippen molar-refractivity contribution in [3.8, 4) is 0 Å². The van der Waals surface area contributed by atoms with Crippen molar-refractivity contribution in [3.63, 3.8) is 0 Å². The second kappa shape index (κ2) is 4.61. The summed E-state index contributed by atoms with van der Waals surface area (Å²) in [5.74, 6) is 0.612. The smallest absolute Gasteiger partial charge is 0.228 e. The Kier molecular flexibility index (Phi) is 3.19. The first kappa shape index (κ1) is 11.1. The molecule has 0 unspecified atom stereocenters. The molecular weight excluding hydrogens is 266 g/mol. The first-order chi connectivity index (χ1) is 7.65. The zero-order valence-corrected chi connectivity index (χ0v) is 10.7. The lowest BCUT2D eigenvalue weighted by molar-refractivity contribution is 1.08. The van der Waals surface area contributed by atoms with E-state index in [2.05, 4.69) is 31.2 Å². The maximum atomic E-state index is 4.32. The third-order valence-electron chi connectivity index (χ3n) is 2.21. The van der Waals surface area contributed by atoms with Gasteiger partial charge in [0.2, 0.25) is 5.95 Å². The van der Waals surface area contributed by atoms with E-state index in [1.807, 2.05) is 44.2 Å². The molecular formula is C12H12BrN3. The van der Waals surface area contributed by atoms with Gasteiger partial charge in [-0.15, -0.1) is 0 Å². The molecule has 0 saturated heterocycles. The van der Waals surface area contributed by atoms with Crippen LogP contribution in [0.2, 0.25) is 0 Å². The molecule has 1 heterocycles. The molecule has 4 heteroatoms. The Hall–Kier alpha value is -1.42. The molecule has 0 amide bonds. The van der Waals surface area contributed by atoms with Crippen LogP contribution < -0.4 is 5.32 Å². The van der Waals surface area contributed by atoms with E-state index in [9.17, 15) is 0 Å². The van der Waals surface area contributed by atoms with Gasteiger partial charge < -0.3 is 5.32 Å².